The van der Waals surface area contributed by atoms with Gasteiger partial charge in [0, 0.05) is 12.6 Å². The van der Waals surface area contributed by atoms with Crippen LogP contribution in [0.1, 0.15) is 32.1 Å². The molecular weight excluding hydrogens is 122 g/mol. The minimum atomic E-state index is 0.586. The van der Waals surface area contributed by atoms with Crippen molar-refractivity contribution in [3.8, 4) is 0 Å². The van der Waals surface area contributed by atoms with Gasteiger partial charge in [-0.2, -0.15) is 0 Å². The predicted molar refractivity (Wildman–Crippen MR) is 43.4 cm³/mol. The van der Waals surface area contributed by atoms with Crippen LogP contribution in [0.4, 0.5) is 0 Å². The second-order valence-electron chi connectivity index (χ2n) is 3.11. The summed E-state index contributed by atoms with van der Waals surface area (Å²) in [6, 6.07) is 0.586. The first kappa shape index (κ1) is 6.14. The average Bonchev–Trinajstić information content (AvgIpc) is 2.05. The third-order valence-corrected chi connectivity index (χ3v) is 2.39. The van der Waals surface area contributed by atoms with E-state index in [1.54, 1.807) is 5.57 Å². The molecule has 0 amide bonds. The van der Waals surface area contributed by atoms with Gasteiger partial charge in [-0.3, -0.25) is 4.99 Å². The Hall–Kier alpha value is -0.590. The van der Waals surface area contributed by atoms with Gasteiger partial charge in [0.05, 0.1) is 6.04 Å². The Labute approximate surface area is 61.9 Å². The summed E-state index contributed by atoms with van der Waals surface area (Å²) in [5.74, 6) is 0. The van der Waals surface area contributed by atoms with Crippen molar-refractivity contribution in [2.45, 2.75) is 38.1 Å². The van der Waals surface area contributed by atoms with Gasteiger partial charge in [-0.25, -0.2) is 0 Å². The third kappa shape index (κ3) is 1.00. The molecule has 1 aliphatic heterocycles. The van der Waals surface area contributed by atoms with E-state index < -0.39 is 0 Å². The molecule has 0 N–H and O–H groups in total. The molecule has 1 heteroatoms. The molecule has 2 rings (SSSR count). The summed E-state index contributed by atoms with van der Waals surface area (Å²) < 4.78 is 0. The summed E-state index contributed by atoms with van der Waals surface area (Å²) in [5, 5.41) is 0. The summed E-state index contributed by atoms with van der Waals surface area (Å²) in [6.45, 7) is 0. The van der Waals surface area contributed by atoms with Crippen LogP contribution in [0.15, 0.2) is 16.6 Å². The SMILES string of the molecule is C1=NC2CCCCC2=CC1. The molecule has 10 heavy (non-hydrogen) atoms. The fourth-order valence-electron chi connectivity index (χ4n) is 1.82. The number of aliphatic imine (C=N–C) groups is 1. The van der Waals surface area contributed by atoms with Crippen molar-refractivity contribution in [2.75, 3.05) is 0 Å². The molecule has 0 aromatic rings. The lowest BCUT2D eigenvalue weighted by Crippen LogP contribution is -2.16. The van der Waals surface area contributed by atoms with Gasteiger partial charge >= 0.3 is 0 Å². The maximum atomic E-state index is 4.46. The molecule has 54 valence electrons. The van der Waals surface area contributed by atoms with Crippen molar-refractivity contribution < 1.29 is 0 Å². The first-order valence-electron chi connectivity index (χ1n) is 4.17. The van der Waals surface area contributed by atoms with Crippen molar-refractivity contribution >= 4 is 6.21 Å². The highest BCUT2D eigenvalue weighted by Crippen LogP contribution is 2.27. The smallest absolute Gasteiger partial charge is 0.0705 e. The molecule has 0 radical (unpaired) electrons. The molecule has 1 fully saturated rings. The van der Waals surface area contributed by atoms with Gasteiger partial charge in [0.15, 0.2) is 0 Å². The fraction of sp³-hybridized carbons (Fsp3) is 0.667. The van der Waals surface area contributed by atoms with Crippen LogP contribution in [-0.4, -0.2) is 12.3 Å². The summed E-state index contributed by atoms with van der Waals surface area (Å²) in [5.41, 5.74) is 1.61. The molecule has 1 nitrogen and oxygen atoms in total. The predicted octanol–water partition coefficient (Wildman–Crippen LogP) is 2.33. The monoisotopic (exact) mass is 135 g/mol. The summed E-state index contributed by atoms with van der Waals surface area (Å²) in [6.07, 6.45) is 10.9. The van der Waals surface area contributed by atoms with Crippen LogP contribution < -0.4 is 0 Å². The van der Waals surface area contributed by atoms with E-state index in [2.05, 4.69) is 17.3 Å². The number of dihydropyridines is 1. The van der Waals surface area contributed by atoms with Crippen LogP contribution in [0.25, 0.3) is 0 Å². The van der Waals surface area contributed by atoms with E-state index in [1.807, 2.05) is 0 Å². The number of hydrogen-bond donors (Lipinski definition) is 0. The largest absolute Gasteiger partial charge is 0.289 e. The highest BCUT2D eigenvalue weighted by atomic mass is 14.8. The fourth-order valence-corrected chi connectivity index (χ4v) is 1.82. The minimum Gasteiger partial charge on any atom is -0.289 e. The van der Waals surface area contributed by atoms with E-state index in [1.165, 1.54) is 25.7 Å². The molecule has 0 aromatic carbocycles. The Morgan fingerprint density at radius 3 is 3.30 bits per heavy atom. The standard InChI is InChI=1S/C9H13N/c1-2-6-9-8(4-1)5-3-7-10-9/h5,7,9H,1-4,6H2. The highest BCUT2D eigenvalue weighted by molar-refractivity contribution is 5.62. The van der Waals surface area contributed by atoms with Gasteiger partial charge in [-0.1, -0.05) is 12.5 Å². The van der Waals surface area contributed by atoms with Crippen molar-refractivity contribution in [3.05, 3.63) is 11.6 Å². The van der Waals surface area contributed by atoms with Crippen LogP contribution in [0, 0.1) is 0 Å². The maximum Gasteiger partial charge on any atom is 0.0705 e. The van der Waals surface area contributed by atoms with Gasteiger partial charge in [-0.05, 0) is 24.8 Å². The van der Waals surface area contributed by atoms with Gasteiger partial charge < -0.3 is 0 Å². The van der Waals surface area contributed by atoms with Crippen LogP contribution in [0.2, 0.25) is 0 Å². The highest BCUT2D eigenvalue weighted by Gasteiger charge is 2.17. The molecule has 0 spiro atoms. The average molecular weight is 135 g/mol. The first-order valence-corrected chi connectivity index (χ1v) is 4.17. The zero-order valence-corrected chi connectivity index (χ0v) is 6.21. The zero-order valence-electron chi connectivity index (χ0n) is 6.21. The quantitative estimate of drug-likeness (QED) is 0.452. The number of nitrogens with zero attached hydrogens (tertiary/aromatic N) is 1. The van der Waals surface area contributed by atoms with E-state index in [9.17, 15) is 0 Å². The number of hydrogen-bond acceptors (Lipinski definition) is 1. The molecule has 1 unspecified atom stereocenters. The van der Waals surface area contributed by atoms with E-state index in [0.29, 0.717) is 6.04 Å². The maximum absolute atomic E-state index is 4.46. The van der Waals surface area contributed by atoms with Crippen LogP contribution in [0.5, 0.6) is 0 Å². The number of fused-ring (bicyclic) bond motifs is 1. The molecule has 1 aliphatic carbocycles. The minimum absolute atomic E-state index is 0.586. The number of allylic oxidation sites excluding steroid dienone is 1. The normalized spacial score (nSPS) is 31.2. The second-order valence-corrected chi connectivity index (χ2v) is 3.11. The molecule has 1 atom stereocenters. The lowest BCUT2D eigenvalue weighted by molar-refractivity contribution is 0.533. The number of rotatable bonds is 0. The lowest BCUT2D eigenvalue weighted by Gasteiger charge is -2.23. The third-order valence-electron chi connectivity index (χ3n) is 2.39. The van der Waals surface area contributed by atoms with E-state index in [-0.39, 0.29) is 0 Å². The van der Waals surface area contributed by atoms with Gasteiger partial charge in [0.1, 0.15) is 0 Å². The molecule has 1 saturated carbocycles. The molecule has 0 saturated heterocycles. The Morgan fingerprint density at radius 1 is 1.40 bits per heavy atom. The Balaban J connectivity index is 2.13. The Bertz CT molecular complexity index is 179. The molecular formula is C9H13N. The summed E-state index contributed by atoms with van der Waals surface area (Å²) >= 11 is 0. The van der Waals surface area contributed by atoms with E-state index in [0.717, 1.165) is 6.42 Å². The summed E-state index contributed by atoms with van der Waals surface area (Å²) in [7, 11) is 0. The topological polar surface area (TPSA) is 12.4 Å². The second kappa shape index (κ2) is 2.57. The van der Waals surface area contributed by atoms with Gasteiger partial charge in [-0.15, -0.1) is 0 Å². The zero-order chi connectivity index (χ0) is 6.81. The van der Waals surface area contributed by atoms with Gasteiger partial charge in [0.2, 0.25) is 0 Å². The van der Waals surface area contributed by atoms with Crippen LogP contribution in [-0.2, 0) is 0 Å². The first-order chi connectivity index (χ1) is 4.97. The lowest BCUT2D eigenvalue weighted by atomic mass is 9.88. The molecule has 0 aromatic heterocycles. The Kier molecular flexibility index (Phi) is 1.58. The molecule has 2 aliphatic rings. The van der Waals surface area contributed by atoms with Crippen LogP contribution in [0.3, 0.4) is 0 Å². The van der Waals surface area contributed by atoms with Crippen molar-refractivity contribution in [3.63, 3.8) is 0 Å². The molecule has 0 bridgehead atoms. The van der Waals surface area contributed by atoms with Crippen LogP contribution >= 0.6 is 0 Å². The van der Waals surface area contributed by atoms with Gasteiger partial charge in [0.25, 0.3) is 0 Å². The van der Waals surface area contributed by atoms with Crippen molar-refractivity contribution in [2.24, 2.45) is 4.99 Å². The van der Waals surface area contributed by atoms with E-state index in [4.69, 9.17) is 0 Å². The Morgan fingerprint density at radius 2 is 2.40 bits per heavy atom. The molecule has 1 heterocycles. The van der Waals surface area contributed by atoms with Crippen molar-refractivity contribution in [1.82, 2.24) is 0 Å². The van der Waals surface area contributed by atoms with E-state index >= 15 is 0 Å². The summed E-state index contributed by atoms with van der Waals surface area (Å²) in [4.78, 5) is 4.46. The van der Waals surface area contributed by atoms with Crippen molar-refractivity contribution in [1.29, 1.82) is 0 Å².